The second-order valence-electron chi connectivity index (χ2n) is 8.94. The van der Waals surface area contributed by atoms with E-state index in [-0.39, 0.29) is 41.7 Å². The zero-order chi connectivity index (χ0) is 23.4. The first kappa shape index (κ1) is 23.8. The van der Waals surface area contributed by atoms with E-state index in [4.69, 9.17) is 9.15 Å². The Bertz CT molecular complexity index is 965. The van der Waals surface area contributed by atoms with Crippen LogP contribution in [0.4, 0.5) is 5.88 Å². The SMILES string of the molecule is CCOC(=O)c1cc(-c2ccc(C(C)=O)cc2)oc1N(C(=O)C1CCC(C)CC1)C(C)C. The molecule has 6 nitrogen and oxygen atoms in total. The lowest BCUT2D eigenvalue weighted by atomic mass is 9.82. The van der Waals surface area contributed by atoms with Crippen molar-refractivity contribution in [2.45, 2.75) is 66.3 Å². The maximum absolute atomic E-state index is 13.5. The number of Topliss-reactive ketones (excluding diaryl/α,β-unsaturated/α-hetero) is 1. The van der Waals surface area contributed by atoms with Crippen LogP contribution in [0, 0.1) is 11.8 Å². The molecule has 1 fully saturated rings. The first-order valence-corrected chi connectivity index (χ1v) is 11.5. The molecular formula is C26H33NO5. The summed E-state index contributed by atoms with van der Waals surface area (Å²) in [6.07, 6.45) is 3.74. The molecule has 172 valence electrons. The fourth-order valence-electron chi connectivity index (χ4n) is 4.22. The Labute approximate surface area is 189 Å². The Hall–Kier alpha value is -2.89. The predicted molar refractivity (Wildman–Crippen MR) is 124 cm³/mol. The highest BCUT2D eigenvalue weighted by molar-refractivity contribution is 6.03. The minimum absolute atomic E-state index is 0.00900. The summed E-state index contributed by atoms with van der Waals surface area (Å²) in [7, 11) is 0. The number of rotatable bonds is 7. The van der Waals surface area contributed by atoms with E-state index in [0.717, 1.165) is 31.2 Å². The predicted octanol–water partition coefficient (Wildman–Crippen LogP) is 5.89. The average Bonchev–Trinajstić information content (AvgIpc) is 3.19. The Morgan fingerprint density at radius 2 is 1.72 bits per heavy atom. The number of amides is 1. The molecule has 0 saturated heterocycles. The molecule has 1 aromatic carbocycles. The lowest BCUT2D eigenvalue weighted by Crippen LogP contribution is -2.42. The number of hydrogen-bond donors (Lipinski definition) is 0. The number of furan rings is 1. The van der Waals surface area contributed by atoms with Gasteiger partial charge in [0.1, 0.15) is 11.3 Å². The molecule has 0 N–H and O–H groups in total. The van der Waals surface area contributed by atoms with Crippen LogP contribution in [0.5, 0.6) is 0 Å². The van der Waals surface area contributed by atoms with Crippen molar-refractivity contribution in [1.29, 1.82) is 0 Å². The molecule has 2 aromatic rings. The normalized spacial score (nSPS) is 18.4. The van der Waals surface area contributed by atoms with Gasteiger partial charge in [0.05, 0.1) is 6.61 Å². The number of nitrogens with zero attached hydrogens (tertiary/aromatic N) is 1. The molecule has 3 rings (SSSR count). The second kappa shape index (κ2) is 10.2. The van der Waals surface area contributed by atoms with Crippen molar-refractivity contribution >= 4 is 23.5 Å². The monoisotopic (exact) mass is 439 g/mol. The largest absolute Gasteiger partial charge is 0.462 e. The molecular weight excluding hydrogens is 406 g/mol. The number of ketones is 1. The molecule has 0 bridgehead atoms. The summed E-state index contributed by atoms with van der Waals surface area (Å²) in [6, 6.07) is 8.43. The van der Waals surface area contributed by atoms with E-state index in [9.17, 15) is 14.4 Å². The third-order valence-corrected chi connectivity index (χ3v) is 6.12. The summed E-state index contributed by atoms with van der Waals surface area (Å²) in [6.45, 7) is 9.53. The molecule has 1 aliphatic rings. The quantitative estimate of drug-likeness (QED) is 0.397. The number of ether oxygens (including phenoxy) is 1. The molecule has 32 heavy (non-hydrogen) atoms. The van der Waals surface area contributed by atoms with Gasteiger partial charge in [-0.3, -0.25) is 14.5 Å². The first-order chi connectivity index (χ1) is 15.2. The second-order valence-corrected chi connectivity index (χ2v) is 8.94. The van der Waals surface area contributed by atoms with Crippen molar-refractivity contribution < 1.29 is 23.5 Å². The van der Waals surface area contributed by atoms with E-state index in [1.54, 1.807) is 42.2 Å². The highest BCUT2D eigenvalue weighted by Gasteiger charge is 2.35. The van der Waals surface area contributed by atoms with Crippen molar-refractivity contribution in [3.8, 4) is 11.3 Å². The first-order valence-electron chi connectivity index (χ1n) is 11.5. The number of carbonyl (C=O) groups excluding carboxylic acids is 3. The van der Waals surface area contributed by atoms with E-state index in [0.29, 0.717) is 17.2 Å². The third kappa shape index (κ3) is 5.12. The van der Waals surface area contributed by atoms with Gasteiger partial charge in [-0.05, 0) is 59.3 Å². The topological polar surface area (TPSA) is 76.8 Å². The number of esters is 1. The minimum Gasteiger partial charge on any atom is -0.462 e. The molecule has 1 heterocycles. The lowest BCUT2D eigenvalue weighted by Gasteiger charge is -2.32. The van der Waals surface area contributed by atoms with E-state index in [1.807, 2.05) is 13.8 Å². The van der Waals surface area contributed by atoms with Crippen LogP contribution in [-0.4, -0.2) is 30.3 Å². The van der Waals surface area contributed by atoms with Gasteiger partial charge in [0.15, 0.2) is 5.78 Å². The molecule has 0 atom stereocenters. The van der Waals surface area contributed by atoms with Crippen LogP contribution in [0.15, 0.2) is 34.7 Å². The highest BCUT2D eigenvalue weighted by Crippen LogP contribution is 2.37. The van der Waals surface area contributed by atoms with Crippen molar-refractivity contribution in [1.82, 2.24) is 0 Å². The van der Waals surface area contributed by atoms with Gasteiger partial charge in [-0.15, -0.1) is 0 Å². The van der Waals surface area contributed by atoms with E-state index < -0.39 is 5.97 Å². The molecule has 0 radical (unpaired) electrons. The van der Waals surface area contributed by atoms with Gasteiger partial charge >= 0.3 is 5.97 Å². The van der Waals surface area contributed by atoms with Crippen LogP contribution in [0.3, 0.4) is 0 Å². The van der Waals surface area contributed by atoms with Gasteiger partial charge in [-0.25, -0.2) is 4.79 Å². The molecule has 0 spiro atoms. The molecule has 1 saturated carbocycles. The van der Waals surface area contributed by atoms with Gasteiger partial charge in [0.25, 0.3) is 0 Å². The summed E-state index contributed by atoms with van der Waals surface area (Å²) in [4.78, 5) is 39.5. The molecule has 1 aliphatic carbocycles. The zero-order valence-corrected chi connectivity index (χ0v) is 19.6. The third-order valence-electron chi connectivity index (χ3n) is 6.12. The Balaban J connectivity index is 2.02. The maximum atomic E-state index is 13.5. The Kier molecular flexibility index (Phi) is 7.54. The van der Waals surface area contributed by atoms with Gasteiger partial charge in [0, 0.05) is 29.2 Å². The highest BCUT2D eigenvalue weighted by atomic mass is 16.5. The lowest BCUT2D eigenvalue weighted by molar-refractivity contribution is -0.124. The van der Waals surface area contributed by atoms with Crippen LogP contribution in [0.1, 0.15) is 81.0 Å². The summed E-state index contributed by atoms with van der Waals surface area (Å²) >= 11 is 0. The van der Waals surface area contributed by atoms with Crippen LogP contribution < -0.4 is 4.90 Å². The fraction of sp³-hybridized carbons (Fsp3) is 0.500. The van der Waals surface area contributed by atoms with Gasteiger partial charge < -0.3 is 9.15 Å². The van der Waals surface area contributed by atoms with Gasteiger partial charge in [-0.2, -0.15) is 0 Å². The smallest absolute Gasteiger partial charge is 0.343 e. The fourth-order valence-corrected chi connectivity index (χ4v) is 4.22. The standard InChI is InChI=1S/C26H33NO5/c1-6-31-26(30)22-15-23(20-13-11-19(12-14-20)18(5)28)32-25(22)27(16(2)3)24(29)21-9-7-17(4)8-10-21/h11-17,21H,6-10H2,1-5H3. The van der Waals surface area contributed by atoms with Crippen molar-refractivity contribution in [2.24, 2.45) is 11.8 Å². The maximum Gasteiger partial charge on any atom is 0.343 e. The molecule has 1 aromatic heterocycles. The molecule has 6 heteroatoms. The Morgan fingerprint density at radius 1 is 1.09 bits per heavy atom. The summed E-state index contributed by atoms with van der Waals surface area (Å²) in [5.41, 5.74) is 1.55. The average molecular weight is 440 g/mol. The molecule has 0 unspecified atom stereocenters. The van der Waals surface area contributed by atoms with Crippen LogP contribution in [0.2, 0.25) is 0 Å². The number of hydrogen-bond acceptors (Lipinski definition) is 5. The number of anilines is 1. The van der Waals surface area contributed by atoms with E-state index >= 15 is 0 Å². The van der Waals surface area contributed by atoms with Crippen LogP contribution in [0.25, 0.3) is 11.3 Å². The number of carbonyl (C=O) groups is 3. The van der Waals surface area contributed by atoms with Crippen molar-refractivity contribution in [2.75, 3.05) is 11.5 Å². The van der Waals surface area contributed by atoms with Gasteiger partial charge in [-0.1, -0.05) is 31.2 Å². The summed E-state index contributed by atoms with van der Waals surface area (Å²) in [5.74, 6) is 0.685. The van der Waals surface area contributed by atoms with Crippen molar-refractivity contribution in [3.63, 3.8) is 0 Å². The molecule has 0 aliphatic heterocycles. The summed E-state index contributed by atoms with van der Waals surface area (Å²) < 4.78 is 11.4. The van der Waals surface area contributed by atoms with Crippen LogP contribution >= 0.6 is 0 Å². The van der Waals surface area contributed by atoms with Crippen LogP contribution in [-0.2, 0) is 9.53 Å². The number of benzene rings is 1. The van der Waals surface area contributed by atoms with Gasteiger partial charge in [0.2, 0.25) is 11.8 Å². The molecule has 1 amide bonds. The van der Waals surface area contributed by atoms with Crippen molar-refractivity contribution in [3.05, 3.63) is 41.5 Å². The Morgan fingerprint density at radius 3 is 2.25 bits per heavy atom. The van der Waals surface area contributed by atoms with E-state index in [2.05, 4.69) is 6.92 Å². The summed E-state index contributed by atoms with van der Waals surface area (Å²) in [5, 5.41) is 0. The van der Waals surface area contributed by atoms with E-state index in [1.165, 1.54) is 6.92 Å². The zero-order valence-electron chi connectivity index (χ0n) is 19.6. The minimum atomic E-state index is -0.520.